The van der Waals surface area contributed by atoms with Gasteiger partial charge in [0.15, 0.2) is 11.5 Å². The molecule has 8 heteroatoms. The standard InChI is InChI=1S/C24H20N2O6/c1-29-24(28)17-8-6-16(7-9-17)14-30-20-5-3-2-4-19(20)13-25-26-23(27)18-10-11-21-22(12-18)32-15-31-21/h2-13H,14-15H2,1H3,(H,26,27). The molecule has 0 saturated heterocycles. The van der Waals surface area contributed by atoms with E-state index in [9.17, 15) is 9.59 Å². The normalized spacial score (nSPS) is 11.9. The summed E-state index contributed by atoms with van der Waals surface area (Å²) in [6, 6.07) is 19.2. The number of benzene rings is 3. The molecule has 1 heterocycles. The number of ether oxygens (including phenoxy) is 4. The second kappa shape index (κ2) is 9.65. The molecule has 0 bridgehead atoms. The van der Waals surface area contributed by atoms with Crippen LogP contribution in [0, 0.1) is 0 Å². The number of nitrogens with zero attached hydrogens (tertiary/aromatic N) is 1. The first-order valence-electron chi connectivity index (χ1n) is 9.76. The maximum absolute atomic E-state index is 12.3. The van der Waals surface area contributed by atoms with E-state index in [1.165, 1.54) is 13.3 Å². The molecule has 3 aromatic rings. The zero-order valence-electron chi connectivity index (χ0n) is 17.2. The molecule has 0 aliphatic carbocycles. The van der Waals surface area contributed by atoms with Gasteiger partial charge in [-0.05, 0) is 48.0 Å². The van der Waals surface area contributed by atoms with Crippen molar-refractivity contribution in [2.24, 2.45) is 5.10 Å². The van der Waals surface area contributed by atoms with E-state index in [4.69, 9.17) is 18.9 Å². The van der Waals surface area contributed by atoms with Gasteiger partial charge in [0.2, 0.25) is 6.79 Å². The third kappa shape index (κ3) is 4.86. The van der Waals surface area contributed by atoms with Crippen LogP contribution in [-0.4, -0.2) is 32.0 Å². The summed E-state index contributed by atoms with van der Waals surface area (Å²) in [5, 5.41) is 4.04. The first kappa shape index (κ1) is 20.9. The second-order valence-corrected chi connectivity index (χ2v) is 6.78. The number of hydrazone groups is 1. The highest BCUT2D eigenvalue weighted by Crippen LogP contribution is 2.32. The lowest BCUT2D eigenvalue weighted by atomic mass is 10.1. The van der Waals surface area contributed by atoms with E-state index >= 15 is 0 Å². The minimum atomic E-state index is -0.387. The van der Waals surface area contributed by atoms with E-state index < -0.39 is 0 Å². The molecular weight excluding hydrogens is 412 g/mol. The number of rotatable bonds is 7. The van der Waals surface area contributed by atoms with Crippen LogP contribution in [0.4, 0.5) is 0 Å². The highest BCUT2D eigenvalue weighted by atomic mass is 16.7. The Morgan fingerprint density at radius 3 is 2.56 bits per heavy atom. The summed E-state index contributed by atoms with van der Waals surface area (Å²) in [6.07, 6.45) is 1.51. The average molecular weight is 432 g/mol. The number of fused-ring (bicyclic) bond motifs is 1. The van der Waals surface area contributed by atoms with Gasteiger partial charge in [-0.25, -0.2) is 10.2 Å². The molecule has 0 spiro atoms. The fourth-order valence-electron chi connectivity index (χ4n) is 3.00. The van der Waals surface area contributed by atoms with Gasteiger partial charge in [0.25, 0.3) is 5.91 Å². The predicted octanol–water partition coefficient (Wildman–Crippen LogP) is 3.54. The quantitative estimate of drug-likeness (QED) is 0.349. The monoisotopic (exact) mass is 432 g/mol. The molecule has 0 fully saturated rings. The molecule has 1 N–H and O–H groups in total. The number of nitrogens with one attached hydrogen (secondary N) is 1. The zero-order valence-corrected chi connectivity index (χ0v) is 17.2. The van der Waals surface area contributed by atoms with Gasteiger partial charge >= 0.3 is 5.97 Å². The van der Waals surface area contributed by atoms with Crippen molar-refractivity contribution in [3.8, 4) is 17.2 Å². The zero-order chi connectivity index (χ0) is 22.3. The van der Waals surface area contributed by atoms with Gasteiger partial charge in [0, 0.05) is 11.1 Å². The van der Waals surface area contributed by atoms with Crippen LogP contribution in [0.5, 0.6) is 17.2 Å². The summed E-state index contributed by atoms with van der Waals surface area (Å²) in [5.41, 5.74) is 4.97. The lowest BCUT2D eigenvalue weighted by Crippen LogP contribution is -2.17. The summed E-state index contributed by atoms with van der Waals surface area (Å²) in [6.45, 7) is 0.445. The van der Waals surface area contributed by atoms with Crippen LogP contribution in [0.2, 0.25) is 0 Å². The molecule has 0 aromatic heterocycles. The summed E-state index contributed by atoms with van der Waals surface area (Å²) in [7, 11) is 1.34. The summed E-state index contributed by atoms with van der Waals surface area (Å²) >= 11 is 0. The van der Waals surface area contributed by atoms with E-state index in [-0.39, 0.29) is 18.7 Å². The molecule has 4 rings (SSSR count). The Hall–Kier alpha value is -4.33. The predicted molar refractivity (Wildman–Crippen MR) is 116 cm³/mol. The van der Waals surface area contributed by atoms with Crippen LogP contribution in [0.25, 0.3) is 0 Å². The van der Waals surface area contributed by atoms with Gasteiger partial charge in [0.1, 0.15) is 12.4 Å². The Kier molecular flexibility index (Phi) is 6.31. The second-order valence-electron chi connectivity index (χ2n) is 6.78. The Bertz CT molecular complexity index is 1160. The van der Waals surface area contributed by atoms with E-state index in [0.717, 1.165) is 5.56 Å². The summed E-state index contributed by atoms with van der Waals surface area (Å²) in [5.74, 6) is 0.979. The highest BCUT2D eigenvalue weighted by Gasteiger charge is 2.16. The first-order chi connectivity index (χ1) is 15.6. The van der Waals surface area contributed by atoms with Gasteiger partial charge in [0.05, 0.1) is 18.9 Å². The van der Waals surface area contributed by atoms with E-state index in [1.807, 2.05) is 24.3 Å². The average Bonchev–Trinajstić information content (AvgIpc) is 3.31. The van der Waals surface area contributed by atoms with E-state index in [1.54, 1.807) is 42.5 Å². The highest BCUT2D eigenvalue weighted by molar-refractivity contribution is 5.95. The van der Waals surface area contributed by atoms with Crippen molar-refractivity contribution in [2.75, 3.05) is 13.9 Å². The molecule has 162 valence electrons. The van der Waals surface area contributed by atoms with Gasteiger partial charge in [-0.3, -0.25) is 4.79 Å². The largest absolute Gasteiger partial charge is 0.488 e. The molecule has 1 amide bonds. The fourth-order valence-corrected chi connectivity index (χ4v) is 3.00. The topological polar surface area (TPSA) is 95.5 Å². The van der Waals surface area contributed by atoms with Crippen LogP contribution in [0.3, 0.4) is 0 Å². The van der Waals surface area contributed by atoms with Gasteiger partial charge in [-0.1, -0.05) is 24.3 Å². The van der Waals surface area contributed by atoms with E-state index in [2.05, 4.69) is 10.5 Å². The number of hydrogen-bond donors (Lipinski definition) is 1. The van der Waals surface area contributed by atoms with Gasteiger partial charge in [-0.15, -0.1) is 0 Å². The van der Waals surface area contributed by atoms with Crippen molar-refractivity contribution in [1.29, 1.82) is 0 Å². The maximum Gasteiger partial charge on any atom is 0.337 e. The number of esters is 1. The molecule has 0 atom stereocenters. The summed E-state index contributed by atoms with van der Waals surface area (Å²) < 4.78 is 21.1. The SMILES string of the molecule is COC(=O)c1ccc(COc2ccccc2C=NNC(=O)c2ccc3c(c2)OCO3)cc1. The third-order valence-electron chi connectivity index (χ3n) is 4.69. The Balaban J connectivity index is 1.37. The molecule has 1 aliphatic heterocycles. The number of hydrogen-bond acceptors (Lipinski definition) is 7. The number of methoxy groups -OCH3 is 1. The molecule has 3 aromatic carbocycles. The number of carbonyl (C=O) groups excluding carboxylic acids is 2. The summed E-state index contributed by atoms with van der Waals surface area (Å²) in [4.78, 5) is 23.9. The molecule has 8 nitrogen and oxygen atoms in total. The molecule has 0 radical (unpaired) electrons. The van der Waals surface area contributed by atoms with Crippen LogP contribution in [0.1, 0.15) is 31.8 Å². The minimum Gasteiger partial charge on any atom is -0.488 e. The Morgan fingerprint density at radius 1 is 1.00 bits per heavy atom. The molecule has 0 unspecified atom stereocenters. The number of carbonyl (C=O) groups is 2. The van der Waals surface area contributed by atoms with Crippen molar-refractivity contribution >= 4 is 18.1 Å². The van der Waals surface area contributed by atoms with Crippen molar-refractivity contribution in [2.45, 2.75) is 6.61 Å². The molecule has 1 aliphatic rings. The number of para-hydroxylation sites is 1. The van der Waals surface area contributed by atoms with E-state index in [0.29, 0.717) is 40.5 Å². The molecular formula is C24H20N2O6. The third-order valence-corrected chi connectivity index (χ3v) is 4.69. The van der Waals surface area contributed by atoms with Gasteiger partial charge in [-0.2, -0.15) is 5.10 Å². The van der Waals surface area contributed by atoms with Crippen molar-refractivity contribution in [3.63, 3.8) is 0 Å². The van der Waals surface area contributed by atoms with Gasteiger partial charge < -0.3 is 18.9 Å². The lowest BCUT2D eigenvalue weighted by molar-refractivity contribution is 0.0600. The number of amides is 1. The first-order valence-corrected chi connectivity index (χ1v) is 9.76. The minimum absolute atomic E-state index is 0.144. The van der Waals surface area contributed by atoms with Crippen molar-refractivity contribution in [3.05, 3.63) is 89.0 Å². The Morgan fingerprint density at radius 2 is 1.75 bits per heavy atom. The van der Waals surface area contributed by atoms with Crippen LogP contribution >= 0.6 is 0 Å². The smallest absolute Gasteiger partial charge is 0.337 e. The molecule has 32 heavy (non-hydrogen) atoms. The maximum atomic E-state index is 12.3. The van der Waals surface area contributed by atoms with Crippen LogP contribution in [0.15, 0.2) is 71.8 Å². The van der Waals surface area contributed by atoms with Crippen LogP contribution < -0.4 is 19.6 Å². The van der Waals surface area contributed by atoms with Crippen molar-refractivity contribution in [1.82, 2.24) is 5.43 Å². The lowest BCUT2D eigenvalue weighted by Gasteiger charge is -2.09. The molecule has 0 saturated carbocycles. The Labute approximate surface area is 184 Å². The van der Waals surface area contributed by atoms with Crippen LogP contribution in [-0.2, 0) is 11.3 Å². The van der Waals surface area contributed by atoms with Crippen molar-refractivity contribution < 1.29 is 28.5 Å². The fraction of sp³-hybridized carbons (Fsp3) is 0.125.